The SMILES string of the molecule is CS(=O)(=O)CC1CNCC1CS(=O)(=O)O.C[N+](C)(C)CC(=O)[O-]. The van der Waals surface area contributed by atoms with Gasteiger partial charge in [0.15, 0.2) is 0 Å². The number of rotatable bonds is 6. The van der Waals surface area contributed by atoms with Crippen molar-refractivity contribution in [2.75, 3.05) is 58.5 Å². The Morgan fingerprint density at radius 3 is 1.83 bits per heavy atom. The third-order valence-electron chi connectivity index (χ3n) is 3.02. The van der Waals surface area contributed by atoms with Crippen molar-refractivity contribution in [3.8, 4) is 0 Å². The van der Waals surface area contributed by atoms with Crippen molar-refractivity contribution in [3.05, 3.63) is 0 Å². The number of carbonyl (C=O) groups is 1. The molecule has 1 aliphatic rings. The van der Waals surface area contributed by atoms with Crippen molar-refractivity contribution >= 4 is 25.9 Å². The lowest BCUT2D eigenvalue weighted by Crippen LogP contribution is -2.45. The highest BCUT2D eigenvalue weighted by Crippen LogP contribution is 2.19. The minimum atomic E-state index is -4.03. The summed E-state index contributed by atoms with van der Waals surface area (Å²) in [5.74, 6) is -1.98. The largest absolute Gasteiger partial charge is 0.544 e. The first-order valence-electron chi connectivity index (χ1n) is 6.93. The number of carboxylic acid groups (broad SMARTS) is 1. The number of sulfone groups is 1. The zero-order chi connectivity index (χ0) is 18.5. The molecular weight excluding hydrogens is 348 g/mol. The van der Waals surface area contributed by atoms with E-state index in [0.717, 1.165) is 6.26 Å². The Morgan fingerprint density at radius 1 is 1.13 bits per heavy atom. The van der Waals surface area contributed by atoms with Gasteiger partial charge in [0.05, 0.1) is 38.6 Å². The number of nitrogens with zero attached hydrogens (tertiary/aromatic N) is 1. The van der Waals surface area contributed by atoms with Crippen LogP contribution >= 0.6 is 0 Å². The minimum Gasteiger partial charge on any atom is -0.544 e. The highest BCUT2D eigenvalue weighted by molar-refractivity contribution is 7.90. The van der Waals surface area contributed by atoms with Gasteiger partial charge >= 0.3 is 0 Å². The predicted octanol–water partition coefficient (Wildman–Crippen LogP) is -2.80. The number of hydrogen-bond acceptors (Lipinski definition) is 7. The zero-order valence-corrected chi connectivity index (χ0v) is 15.5. The summed E-state index contributed by atoms with van der Waals surface area (Å²) in [6.07, 6.45) is 1.12. The standard InChI is InChI=1S/C7H15NO5S2.C5H11NO2/c1-14(9,10)4-6-2-8-3-7(6)5-15(11,12)13;1-6(2,3)4-5(7)8/h6-8H,2-5H2,1H3,(H,11,12,13);4H2,1-3H3. The summed E-state index contributed by atoms with van der Waals surface area (Å²) in [5, 5.41) is 12.8. The van der Waals surface area contributed by atoms with Crippen molar-refractivity contribution in [2.24, 2.45) is 11.8 Å². The molecule has 0 spiro atoms. The lowest BCUT2D eigenvalue weighted by Gasteiger charge is -2.23. The number of nitrogens with one attached hydrogen (secondary N) is 1. The normalized spacial score (nSPS) is 22.3. The monoisotopic (exact) mass is 374 g/mol. The van der Waals surface area contributed by atoms with Crippen LogP contribution in [0.1, 0.15) is 0 Å². The maximum Gasteiger partial charge on any atom is 0.265 e. The van der Waals surface area contributed by atoms with Crippen molar-refractivity contribution in [3.63, 3.8) is 0 Å². The topological polar surface area (TPSA) is 141 Å². The van der Waals surface area contributed by atoms with Crippen LogP contribution in [0.15, 0.2) is 0 Å². The van der Waals surface area contributed by atoms with Crippen molar-refractivity contribution in [2.45, 2.75) is 0 Å². The molecule has 11 heteroatoms. The number of carboxylic acids is 1. The molecule has 2 unspecified atom stereocenters. The molecule has 1 fully saturated rings. The van der Waals surface area contributed by atoms with Crippen molar-refractivity contribution in [1.29, 1.82) is 0 Å². The van der Waals surface area contributed by atoms with E-state index < -0.39 is 25.9 Å². The number of aliphatic carboxylic acids is 1. The van der Waals surface area contributed by atoms with Crippen molar-refractivity contribution < 1.29 is 35.8 Å². The van der Waals surface area contributed by atoms with Gasteiger partial charge in [0, 0.05) is 6.26 Å². The van der Waals surface area contributed by atoms with E-state index in [0.29, 0.717) is 17.6 Å². The molecule has 23 heavy (non-hydrogen) atoms. The molecule has 0 amide bonds. The Hall–Kier alpha value is -0.750. The number of quaternary nitrogens is 1. The van der Waals surface area contributed by atoms with E-state index in [1.807, 2.05) is 0 Å². The van der Waals surface area contributed by atoms with Gasteiger partial charge in [-0.2, -0.15) is 8.42 Å². The Kier molecular flexibility index (Phi) is 8.10. The molecule has 9 nitrogen and oxygen atoms in total. The third kappa shape index (κ3) is 13.4. The second-order valence-electron chi connectivity index (χ2n) is 6.84. The van der Waals surface area contributed by atoms with Crippen LogP contribution in [0.25, 0.3) is 0 Å². The first-order chi connectivity index (χ1) is 10.1. The number of hydrogen-bond donors (Lipinski definition) is 2. The summed E-state index contributed by atoms with van der Waals surface area (Å²) in [6, 6.07) is 0. The van der Waals surface area contributed by atoms with Crippen LogP contribution in [0.3, 0.4) is 0 Å². The Bertz CT molecular complexity index is 553. The van der Waals surface area contributed by atoms with Gasteiger partial charge in [0.2, 0.25) is 0 Å². The van der Waals surface area contributed by atoms with Crippen LogP contribution in [0.2, 0.25) is 0 Å². The lowest BCUT2D eigenvalue weighted by atomic mass is 10.0. The molecule has 0 aromatic rings. The minimum absolute atomic E-state index is 0.0415. The summed E-state index contributed by atoms with van der Waals surface area (Å²) in [7, 11) is -1.74. The van der Waals surface area contributed by atoms with E-state index in [2.05, 4.69) is 5.32 Å². The number of likely N-dealkylation sites (N-methyl/N-ethyl adjacent to an activating group) is 1. The maximum absolute atomic E-state index is 11.1. The molecule has 2 atom stereocenters. The van der Waals surface area contributed by atoms with Crippen molar-refractivity contribution in [1.82, 2.24) is 5.32 Å². The molecular formula is C12H26N2O7S2. The third-order valence-corrected chi connectivity index (χ3v) is 4.91. The Balaban J connectivity index is 0.000000515. The number of carbonyl (C=O) groups excluding carboxylic acids is 1. The molecule has 1 saturated heterocycles. The van der Waals surface area contributed by atoms with E-state index in [4.69, 9.17) is 4.55 Å². The highest BCUT2D eigenvalue weighted by Gasteiger charge is 2.32. The molecule has 0 saturated carbocycles. The molecule has 2 N–H and O–H groups in total. The first kappa shape index (κ1) is 22.2. The van der Waals surface area contributed by atoms with Gasteiger partial charge in [-0.05, 0) is 24.9 Å². The Morgan fingerprint density at radius 2 is 1.57 bits per heavy atom. The van der Waals surface area contributed by atoms with E-state index in [9.17, 15) is 26.7 Å². The van der Waals surface area contributed by atoms with E-state index >= 15 is 0 Å². The fraction of sp³-hybridized carbons (Fsp3) is 0.917. The van der Waals surface area contributed by atoms with E-state index in [1.54, 1.807) is 21.1 Å². The van der Waals surface area contributed by atoms with Crippen LogP contribution in [0, 0.1) is 11.8 Å². The lowest BCUT2D eigenvalue weighted by molar-refractivity contribution is -0.864. The molecule has 0 bridgehead atoms. The van der Waals surface area contributed by atoms with Gasteiger partial charge < -0.3 is 19.7 Å². The zero-order valence-electron chi connectivity index (χ0n) is 13.9. The smallest absolute Gasteiger partial charge is 0.265 e. The second kappa shape index (κ2) is 8.38. The fourth-order valence-electron chi connectivity index (χ4n) is 2.22. The van der Waals surface area contributed by atoms with Crippen LogP contribution in [-0.4, -0.2) is 90.4 Å². The molecule has 0 aromatic carbocycles. The maximum atomic E-state index is 11.1. The Labute approximate surface area is 137 Å². The quantitative estimate of drug-likeness (QED) is 0.375. The van der Waals surface area contributed by atoms with Gasteiger partial charge in [-0.1, -0.05) is 0 Å². The summed E-state index contributed by atoms with van der Waals surface area (Å²) in [4.78, 5) is 9.89. The molecule has 1 heterocycles. The summed E-state index contributed by atoms with van der Waals surface area (Å²) in [6.45, 7) is 0.979. The van der Waals surface area contributed by atoms with Gasteiger partial charge in [-0.3, -0.25) is 4.55 Å². The van der Waals surface area contributed by atoms with Crippen LogP contribution in [0.5, 0.6) is 0 Å². The molecule has 138 valence electrons. The van der Waals surface area contributed by atoms with E-state index in [-0.39, 0.29) is 29.9 Å². The van der Waals surface area contributed by atoms with Gasteiger partial charge in [0.1, 0.15) is 16.4 Å². The molecule has 1 aliphatic heterocycles. The van der Waals surface area contributed by atoms with E-state index in [1.165, 1.54) is 0 Å². The van der Waals surface area contributed by atoms with Gasteiger partial charge in [-0.15, -0.1) is 0 Å². The molecule has 0 aromatic heterocycles. The van der Waals surface area contributed by atoms with Gasteiger partial charge in [-0.25, -0.2) is 8.42 Å². The molecule has 1 rings (SSSR count). The molecule has 0 radical (unpaired) electrons. The van der Waals surface area contributed by atoms with Crippen LogP contribution < -0.4 is 10.4 Å². The van der Waals surface area contributed by atoms with Crippen LogP contribution in [-0.2, 0) is 24.7 Å². The fourth-order valence-corrected chi connectivity index (χ4v) is 4.32. The first-order valence-corrected chi connectivity index (χ1v) is 10.6. The summed E-state index contributed by atoms with van der Waals surface area (Å²) in [5.41, 5.74) is 0. The summed E-state index contributed by atoms with van der Waals surface area (Å²) < 4.78 is 52.6. The average Bonchev–Trinajstić information content (AvgIpc) is 2.56. The van der Waals surface area contributed by atoms with Gasteiger partial charge in [0.25, 0.3) is 10.1 Å². The average molecular weight is 374 g/mol. The van der Waals surface area contributed by atoms with Crippen LogP contribution in [0.4, 0.5) is 0 Å². The second-order valence-corrected chi connectivity index (χ2v) is 10.5. The highest BCUT2D eigenvalue weighted by atomic mass is 32.2. The predicted molar refractivity (Wildman–Crippen MR) is 83.9 cm³/mol. The molecule has 0 aliphatic carbocycles. The summed E-state index contributed by atoms with van der Waals surface area (Å²) >= 11 is 0.